The summed E-state index contributed by atoms with van der Waals surface area (Å²) in [6, 6.07) is 13.8. The van der Waals surface area contributed by atoms with E-state index in [4.69, 9.17) is 15.2 Å². The molecule has 2 N–H and O–H groups in total. The van der Waals surface area contributed by atoms with Crippen LogP contribution in [0.4, 0.5) is 5.69 Å². The largest absolute Gasteiger partial charge is 0.491 e. The second-order valence-corrected chi connectivity index (χ2v) is 4.60. The van der Waals surface area contributed by atoms with Gasteiger partial charge in [-0.2, -0.15) is 0 Å². The van der Waals surface area contributed by atoms with Crippen molar-refractivity contribution in [3.8, 4) is 11.5 Å². The summed E-state index contributed by atoms with van der Waals surface area (Å²) < 4.78 is 11.2. The molecule has 2 aromatic rings. The van der Waals surface area contributed by atoms with Crippen LogP contribution in [0.3, 0.4) is 0 Å². The van der Waals surface area contributed by atoms with Gasteiger partial charge in [-0.3, -0.25) is 4.99 Å². The van der Waals surface area contributed by atoms with Crippen LogP contribution in [-0.2, 0) is 6.61 Å². The summed E-state index contributed by atoms with van der Waals surface area (Å²) >= 11 is 0. The Labute approximate surface area is 117 Å². The number of aliphatic imine (C=N–C) groups is 1. The van der Waals surface area contributed by atoms with Crippen LogP contribution in [0.1, 0.15) is 11.1 Å². The second kappa shape index (κ2) is 5.25. The lowest BCUT2D eigenvalue weighted by Crippen LogP contribution is -2.04. The van der Waals surface area contributed by atoms with Gasteiger partial charge in [-0.1, -0.05) is 30.3 Å². The van der Waals surface area contributed by atoms with Crippen molar-refractivity contribution in [1.29, 1.82) is 0 Å². The fraction of sp³-hybridized carbons (Fsp3) is 0.188. The maximum absolute atomic E-state index is 6.12. The van der Waals surface area contributed by atoms with E-state index in [2.05, 4.69) is 4.99 Å². The van der Waals surface area contributed by atoms with Crippen LogP contribution in [-0.4, -0.2) is 19.4 Å². The van der Waals surface area contributed by atoms with Gasteiger partial charge in [0, 0.05) is 5.56 Å². The molecule has 4 heteroatoms. The monoisotopic (exact) mass is 268 g/mol. The number of nitrogens with two attached hydrogens (primary N) is 1. The summed E-state index contributed by atoms with van der Waals surface area (Å²) in [4.78, 5) is 4.17. The van der Waals surface area contributed by atoms with E-state index in [-0.39, 0.29) is 0 Å². The van der Waals surface area contributed by atoms with Crippen LogP contribution in [0.5, 0.6) is 11.5 Å². The van der Waals surface area contributed by atoms with Gasteiger partial charge in [0.05, 0.1) is 25.1 Å². The minimum Gasteiger partial charge on any atom is -0.491 e. The van der Waals surface area contributed by atoms with E-state index >= 15 is 0 Å². The summed E-state index contributed by atoms with van der Waals surface area (Å²) in [5, 5.41) is 0. The molecule has 0 unspecified atom stereocenters. The molecule has 0 bridgehead atoms. The van der Waals surface area contributed by atoms with Gasteiger partial charge >= 0.3 is 0 Å². The number of nitrogens with zero attached hydrogens (tertiary/aromatic N) is 1. The minimum atomic E-state index is 0.483. The normalized spacial score (nSPS) is 12.8. The molecule has 0 amide bonds. The van der Waals surface area contributed by atoms with Gasteiger partial charge in [0.25, 0.3) is 0 Å². The van der Waals surface area contributed by atoms with Crippen molar-refractivity contribution in [1.82, 2.24) is 0 Å². The molecular weight excluding hydrogens is 252 g/mol. The Balaban J connectivity index is 1.82. The van der Waals surface area contributed by atoms with Crippen LogP contribution < -0.4 is 15.2 Å². The predicted octanol–water partition coefficient (Wildman–Crippen LogP) is 2.66. The summed E-state index contributed by atoms with van der Waals surface area (Å²) in [6.07, 6.45) is 0. The van der Waals surface area contributed by atoms with E-state index in [1.165, 1.54) is 0 Å². The second-order valence-electron chi connectivity index (χ2n) is 4.60. The standard InChI is InChI=1S/C16H16N2O2/c1-19-16-14(20-10-11-5-3-2-4-6-11)8-7-12(15(16)17)13-9-18-13/h2-8H,9-10,17H2,1H3. The zero-order chi connectivity index (χ0) is 13.9. The van der Waals surface area contributed by atoms with Gasteiger partial charge < -0.3 is 15.2 Å². The van der Waals surface area contributed by atoms with E-state index in [1.807, 2.05) is 42.5 Å². The molecule has 4 nitrogen and oxygen atoms in total. The maximum Gasteiger partial charge on any atom is 0.184 e. The molecule has 1 aliphatic rings. The molecule has 0 radical (unpaired) electrons. The molecule has 1 aliphatic heterocycles. The third kappa shape index (κ3) is 2.45. The van der Waals surface area contributed by atoms with E-state index in [1.54, 1.807) is 7.11 Å². The Kier molecular flexibility index (Phi) is 3.29. The molecule has 20 heavy (non-hydrogen) atoms. The van der Waals surface area contributed by atoms with Gasteiger partial charge in [0.2, 0.25) is 0 Å². The number of hydrogen-bond acceptors (Lipinski definition) is 4. The highest BCUT2D eigenvalue weighted by Crippen LogP contribution is 2.37. The Hall–Kier alpha value is -2.49. The van der Waals surface area contributed by atoms with Crippen molar-refractivity contribution >= 4 is 11.4 Å². The number of hydrogen-bond donors (Lipinski definition) is 1. The maximum atomic E-state index is 6.12. The van der Waals surface area contributed by atoms with Crippen molar-refractivity contribution in [2.45, 2.75) is 6.61 Å². The average Bonchev–Trinajstić information content (AvgIpc) is 3.31. The zero-order valence-electron chi connectivity index (χ0n) is 11.3. The molecule has 0 saturated carbocycles. The molecule has 1 heterocycles. The highest BCUT2D eigenvalue weighted by Gasteiger charge is 2.20. The molecule has 0 aromatic heterocycles. The summed E-state index contributed by atoms with van der Waals surface area (Å²) in [5.74, 6) is 1.23. The van der Waals surface area contributed by atoms with Gasteiger partial charge in [0.15, 0.2) is 11.5 Å². The molecule has 0 aliphatic carbocycles. The van der Waals surface area contributed by atoms with Crippen LogP contribution in [0.2, 0.25) is 0 Å². The number of nitrogen functional groups attached to an aromatic ring is 1. The fourth-order valence-corrected chi connectivity index (χ4v) is 2.10. The Morgan fingerprint density at radius 2 is 1.90 bits per heavy atom. The van der Waals surface area contributed by atoms with Crippen LogP contribution in [0.25, 0.3) is 0 Å². The highest BCUT2D eigenvalue weighted by atomic mass is 16.5. The first-order valence-corrected chi connectivity index (χ1v) is 6.46. The SMILES string of the molecule is COc1c(OCc2ccccc2)ccc(C2=NC2)c1N. The average molecular weight is 268 g/mol. The van der Waals surface area contributed by atoms with Gasteiger partial charge in [-0.05, 0) is 17.7 Å². The summed E-state index contributed by atoms with van der Waals surface area (Å²) in [7, 11) is 1.60. The molecular formula is C16H16N2O2. The first kappa shape index (κ1) is 12.5. The van der Waals surface area contributed by atoms with Crippen LogP contribution in [0.15, 0.2) is 47.5 Å². The molecule has 102 valence electrons. The zero-order valence-corrected chi connectivity index (χ0v) is 11.3. The van der Waals surface area contributed by atoms with E-state index in [0.29, 0.717) is 23.8 Å². The Morgan fingerprint density at radius 3 is 2.55 bits per heavy atom. The number of rotatable bonds is 5. The molecule has 0 atom stereocenters. The van der Waals surface area contributed by atoms with Crippen molar-refractivity contribution in [3.63, 3.8) is 0 Å². The first-order chi connectivity index (χ1) is 9.79. The van der Waals surface area contributed by atoms with Crippen LogP contribution in [0, 0.1) is 0 Å². The highest BCUT2D eigenvalue weighted by molar-refractivity contribution is 6.14. The number of methoxy groups -OCH3 is 1. The molecule has 0 saturated heterocycles. The van der Waals surface area contributed by atoms with Crippen molar-refractivity contribution in [2.75, 3.05) is 19.4 Å². The minimum absolute atomic E-state index is 0.483. The lowest BCUT2D eigenvalue weighted by molar-refractivity contribution is 0.285. The topological polar surface area (TPSA) is 56.8 Å². The summed E-state index contributed by atoms with van der Waals surface area (Å²) in [6.45, 7) is 1.24. The number of anilines is 1. The lowest BCUT2D eigenvalue weighted by atomic mass is 10.1. The Morgan fingerprint density at radius 1 is 1.15 bits per heavy atom. The number of ether oxygens (including phenoxy) is 2. The van der Waals surface area contributed by atoms with E-state index in [0.717, 1.165) is 23.4 Å². The predicted molar refractivity (Wildman–Crippen MR) is 79.6 cm³/mol. The van der Waals surface area contributed by atoms with Gasteiger partial charge in [-0.25, -0.2) is 0 Å². The molecule has 0 fully saturated rings. The van der Waals surface area contributed by atoms with Crippen LogP contribution >= 0.6 is 0 Å². The third-order valence-electron chi connectivity index (χ3n) is 3.23. The first-order valence-electron chi connectivity index (χ1n) is 6.46. The molecule has 2 aromatic carbocycles. The van der Waals surface area contributed by atoms with E-state index in [9.17, 15) is 0 Å². The lowest BCUT2D eigenvalue weighted by Gasteiger charge is -2.14. The smallest absolute Gasteiger partial charge is 0.184 e. The van der Waals surface area contributed by atoms with Crippen molar-refractivity contribution < 1.29 is 9.47 Å². The van der Waals surface area contributed by atoms with E-state index < -0.39 is 0 Å². The summed E-state index contributed by atoms with van der Waals surface area (Å²) in [5.41, 5.74) is 9.77. The molecule has 3 rings (SSSR count). The third-order valence-corrected chi connectivity index (χ3v) is 3.23. The Bertz CT molecular complexity index is 651. The quantitative estimate of drug-likeness (QED) is 0.848. The fourth-order valence-electron chi connectivity index (χ4n) is 2.10. The van der Waals surface area contributed by atoms with Gasteiger partial charge in [0.1, 0.15) is 6.61 Å². The van der Waals surface area contributed by atoms with Gasteiger partial charge in [-0.15, -0.1) is 0 Å². The van der Waals surface area contributed by atoms with Crippen molar-refractivity contribution in [2.24, 2.45) is 4.99 Å². The number of benzene rings is 2. The molecule has 0 spiro atoms. The van der Waals surface area contributed by atoms with Crippen molar-refractivity contribution in [3.05, 3.63) is 53.6 Å².